The second kappa shape index (κ2) is 13.7. The summed E-state index contributed by atoms with van der Waals surface area (Å²) in [6.07, 6.45) is 0.594. The van der Waals surface area contributed by atoms with Gasteiger partial charge in [0.1, 0.15) is 6.54 Å². The van der Waals surface area contributed by atoms with Crippen molar-refractivity contribution in [1.29, 1.82) is 0 Å². The van der Waals surface area contributed by atoms with E-state index in [1.165, 1.54) is 29.2 Å². The van der Waals surface area contributed by atoms with E-state index >= 15 is 0 Å². The van der Waals surface area contributed by atoms with E-state index in [2.05, 4.69) is 0 Å². The lowest BCUT2D eigenvalue weighted by atomic mass is 10.1. The standard InChI is InChI=1S/C29H35N3O6S/c1-20(2)17-31(29(34)23-8-10-24(11-9-23)32(35)36)19-28(33)30(18-25-12-6-21(3)39-25)15-14-22-7-13-26(37-4)27(16-22)38-5/h6-13,16,20H,14-15,17-19H2,1-5H3. The van der Waals surface area contributed by atoms with Crippen LogP contribution in [0.4, 0.5) is 5.69 Å². The fraction of sp³-hybridized carbons (Fsp3) is 0.379. The van der Waals surface area contributed by atoms with E-state index in [9.17, 15) is 19.7 Å². The average molecular weight is 554 g/mol. The number of nitro groups is 1. The van der Waals surface area contributed by atoms with Gasteiger partial charge in [-0.1, -0.05) is 19.9 Å². The molecule has 0 bridgehead atoms. The molecule has 10 heteroatoms. The Bertz CT molecular complexity index is 1290. The molecule has 3 rings (SSSR count). The Morgan fingerprint density at radius 2 is 1.67 bits per heavy atom. The molecule has 0 atom stereocenters. The van der Waals surface area contributed by atoms with Gasteiger partial charge in [-0.2, -0.15) is 0 Å². The summed E-state index contributed by atoms with van der Waals surface area (Å²) in [5.74, 6) is 0.882. The number of amides is 2. The number of nitro benzene ring substituents is 1. The van der Waals surface area contributed by atoms with Crippen molar-refractivity contribution in [3.63, 3.8) is 0 Å². The Hall–Kier alpha value is -3.92. The molecule has 0 unspecified atom stereocenters. The fourth-order valence-corrected chi connectivity index (χ4v) is 5.09. The largest absolute Gasteiger partial charge is 0.493 e. The van der Waals surface area contributed by atoms with E-state index in [-0.39, 0.29) is 30.0 Å². The summed E-state index contributed by atoms with van der Waals surface area (Å²) in [5.41, 5.74) is 1.21. The number of methoxy groups -OCH3 is 2. The van der Waals surface area contributed by atoms with Gasteiger partial charge in [0.05, 0.1) is 25.7 Å². The van der Waals surface area contributed by atoms with Gasteiger partial charge in [0.25, 0.3) is 11.6 Å². The summed E-state index contributed by atoms with van der Waals surface area (Å²) in [5, 5.41) is 11.0. The van der Waals surface area contributed by atoms with Crippen LogP contribution in [0.2, 0.25) is 0 Å². The molecule has 0 aliphatic carbocycles. The van der Waals surface area contributed by atoms with E-state index in [1.54, 1.807) is 30.5 Å². The van der Waals surface area contributed by atoms with Crippen molar-refractivity contribution >= 4 is 28.8 Å². The van der Waals surface area contributed by atoms with Crippen LogP contribution < -0.4 is 9.47 Å². The molecule has 0 aliphatic rings. The number of hydrogen-bond acceptors (Lipinski definition) is 7. The summed E-state index contributed by atoms with van der Waals surface area (Å²) in [4.78, 5) is 43.1. The number of hydrogen-bond donors (Lipinski definition) is 0. The van der Waals surface area contributed by atoms with Gasteiger partial charge in [-0.25, -0.2) is 0 Å². The van der Waals surface area contributed by atoms with E-state index in [0.29, 0.717) is 43.1 Å². The number of carbonyl (C=O) groups is 2. The van der Waals surface area contributed by atoms with Crippen LogP contribution in [0, 0.1) is 23.0 Å². The van der Waals surface area contributed by atoms with Gasteiger partial charge in [0.15, 0.2) is 11.5 Å². The molecule has 3 aromatic rings. The van der Waals surface area contributed by atoms with Crippen LogP contribution in [0.1, 0.15) is 39.5 Å². The first-order valence-corrected chi connectivity index (χ1v) is 13.5. The molecule has 0 spiro atoms. The molecule has 1 aromatic heterocycles. The van der Waals surface area contributed by atoms with Crippen molar-refractivity contribution in [3.05, 3.63) is 85.6 Å². The number of rotatable bonds is 13. The summed E-state index contributed by atoms with van der Waals surface area (Å²) in [7, 11) is 3.17. The Kier molecular flexibility index (Phi) is 10.4. The zero-order valence-corrected chi connectivity index (χ0v) is 23.8. The lowest BCUT2D eigenvalue weighted by molar-refractivity contribution is -0.384. The van der Waals surface area contributed by atoms with Crippen LogP contribution in [0.3, 0.4) is 0 Å². The molecule has 208 valence electrons. The SMILES string of the molecule is COc1ccc(CCN(Cc2ccc(C)s2)C(=O)CN(CC(C)C)C(=O)c2ccc([N+](=O)[O-])cc2)cc1OC. The highest BCUT2D eigenvalue weighted by Gasteiger charge is 2.24. The lowest BCUT2D eigenvalue weighted by Gasteiger charge is -2.29. The van der Waals surface area contributed by atoms with Crippen LogP contribution in [0.25, 0.3) is 0 Å². The van der Waals surface area contributed by atoms with Gasteiger partial charge in [-0.15, -0.1) is 11.3 Å². The number of benzene rings is 2. The van der Waals surface area contributed by atoms with E-state index in [4.69, 9.17) is 9.47 Å². The van der Waals surface area contributed by atoms with E-state index in [0.717, 1.165) is 15.3 Å². The highest BCUT2D eigenvalue weighted by molar-refractivity contribution is 7.11. The molecule has 1 heterocycles. The number of carbonyl (C=O) groups excluding carboxylic acids is 2. The van der Waals surface area contributed by atoms with Crippen molar-refractivity contribution in [2.45, 2.75) is 33.7 Å². The average Bonchev–Trinajstić information content (AvgIpc) is 3.34. The predicted octanol–water partition coefficient (Wildman–Crippen LogP) is 5.35. The van der Waals surface area contributed by atoms with Gasteiger partial charge in [-0.3, -0.25) is 19.7 Å². The highest BCUT2D eigenvalue weighted by Crippen LogP contribution is 2.28. The van der Waals surface area contributed by atoms with Crippen molar-refractivity contribution in [3.8, 4) is 11.5 Å². The molecule has 0 radical (unpaired) electrons. The minimum Gasteiger partial charge on any atom is -0.493 e. The maximum absolute atomic E-state index is 13.7. The fourth-order valence-electron chi connectivity index (χ4n) is 4.18. The molecule has 0 saturated heterocycles. The van der Waals surface area contributed by atoms with Gasteiger partial charge < -0.3 is 19.3 Å². The predicted molar refractivity (Wildman–Crippen MR) is 152 cm³/mol. The first-order chi connectivity index (χ1) is 18.6. The smallest absolute Gasteiger partial charge is 0.269 e. The number of nitrogens with zero attached hydrogens (tertiary/aromatic N) is 3. The molecular formula is C29H35N3O6S. The molecule has 2 amide bonds. The Labute approximate surface area is 233 Å². The Balaban J connectivity index is 1.81. The summed E-state index contributed by atoms with van der Waals surface area (Å²) in [6.45, 7) is 7.15. The number of non-ortho nitro benzene ring substituents is 1. The van der Waals surface area contributed by atoms with Crippen molar-refractivity contribution in [2.24, 2.45) is 5.92 Å². The minimum absolute atomic E-state index is 0.0920. The van der Waals surface area contributed by atoms with E-state index < -0.39 is 4.92 Å². The molecule has 2 aromatic carbocycles. The third-order valence-corrected chi connectivity index (χ3v) is 7.12. The van der Waals surface area contributed by atoms with Crippen molar-refractivity contribution in [2.75, 3.05) is 33.9 Å². The van der Waals surface area contributed by atoms with Crippen molar-refractivity contribution in [1.82, 2.24) is 9.80 Å². The topological polar surface area (TPSA) is 102 Å². The summed E-state index contributed by atoms with van der Waals surface area (Å²) < 4.78 is 10.8. The molecule has 0 aliphatic heterocycles. The van der Waals surface area contributed by atoms with Crippen LogP contribution in [-0.2, 0) is 17.8 Å². The zero-order valence-electron chi connectivity index (χ0n) is 23.0. The lowest BCUT2D eigenvalue weighted by Crippen LogP contribution is -2.44. The first kappa shape index (κ1) is 29.6. The second-order valence-electron chi connectivity index (χ2n) is 9.65. The normalized spacial score (nSPS) is 10.8. The zero-order chi connectivity index (χ0) is 28.5. The highest BCUT2D eigenvalue weighted by atomic mass is 32.1. The van der Waals surface area contributed by atoms with E-state index in [1.807, 2.05) is 51.1 Å². The van der Waals surface area contributed by atoms with Gasteiger partial charge >= 0.3 is 0 Å². The summed E-state index contributed by atoms with van der Waals surface area (Å²) >= 11 is 1.64. The molecule has 0 fully saturated rings. The molecule has 0 N–H and O–H groups in total. The van der Waals surface area contributed by atoms with Gasteiger partial charge in [0, 0.05) is 40.5 Å². The maximum Gasteiger partial charge on any atom is 0.269 e. The van der Waals surface area contributed by atoms with Crippen molar-refractivity contribution < 1.29 is 24.0 Å². The molecule has 9 nitrogen and oxygen atoms in total. The second-order valence-corrected chi connectivity index (χ2v) is 11.0. The minimum atomic E-state index is -0.508. The maximum atomic E-state index is 13.7. The number of ether oxygens (including phenoxy) is 2. The monoisotopic (exact) mass is 553 g/mol. The van der Waals surface area contributed by atoms with Crippen LogP contribution >= 0.6 is 11.3 Å². The van der Waals surface area contributed by atoms with Gasteiger partial charge in [0.2, 0.25) is 5.91 Å². The van der Waals surface area contributed by atoms with Crippen LogP contribution in [-0.4, -0.2) is 60.4 Å². The number of thiophene rings is 1. The Morgan fingerprint density at radius 3 is 2.23 bits per heavy atom. The Morgan fingerprint density at radius 1 is 0.974 bits per heavy atom. The number of aryl methyl sites for hydroxylation is 1. The van der Waals surface area contributed by atoms with Gasteiger partial charge in [-0.05, 0) is 61.2 Å². The molecule has 39 heavy (non-hydrogen) atoms. The molecular weight excluding hydrogens is 518 g/mol. The van der Waals surface area contributed by atoms with Crippen LogP contribution in [0.5, 0.6) is 11.5 Å². The summed E-state index contributed by atoms with van der Waals surface area (Å²) in [6, 6.07) is 15.2. The third kappa shape index (κ3) is 8.28. The van der Waals surface area contributed by atoms with Crippen LogP contribution in [0.15, 0.2) is 54.6 Å². The molecule has 0 saturated carbocycles. The third-order valence-electron chi connectivity index (χ3n) is 6.14. The quantitative estimate of drug-likeness (QED) is 0.209. The first-order valence-electron chi connectivity index (χ1n) is 12.7.